The first-order valence-corrected chi connectivity index (χ1v) is 7.67. The van der Waals surface area contributed by atoms with Gasteiger partial charge < -0.3 is 4.74 Å². The van der Waals surface area contributed by atoms with Crippen LogP contribution >= 0.6 is 27.3 Å². The van der Waals surface area contributed by atoms with Crippen molar-refractivity contribution in [2.24, 2.45) is 0 Å². The van der Waals surface area contributed by atoms with Crippen LogP contribution in [-0.2, 0) is 6.42 Å². The van der Waals surface area contributed by atoms with Crippen molar-refractivity contribution >= 4 is 33.0 Å². The van der Waals surface area contributed by atoms with Crippen LogP contribution in [0, 0.1) is 0 Å². The van der Waals surface area contributed by atoms with Crippen LogP contribution < -0.4 is 4.74 Å². The quantitative estimate of drug-likeness (QED) is 0.757. The van der Waals surface area contributed by atoms with Gasteiger partial charge in [0.2, 0.25) is 5.78 Å². The molecule has 3 rings (SSSR count). The summed E-state index contributed by atoms with van der Waals surface area (Å²) in [5, 5.41) is 0. The van der Waals surface area contributed by atoms with Gasteiger partial charge in [0, 0.05) is 12.0 Å². The summed E-state index contributed by atoms with van der Waals surface area (Å²) >= 11 is 4.84. The van der Waals surface area contributed by atoms with Gasteiger partial charge in [-0.1, -0.05) is 0 Å². The standard InChI is InChI=1S/C15H13BrO2S/c1-15(2)8-10-7-9(3-4-11(10)18-15)14(17)12-5-6-13(16)19-12/h3-7H,8H2,1-2H3. The van der Waals surface area contributed by atoms with Crippen molar-refractivity contribution in [3.8, 4) is 5.75 Å². The summed E-state index contributed by atoms with van der Waals surface area (Å²) in [5.41, 5.74) is 1.68. The van der Waals surface area contributed by atoms with Crippen LogP contribution in [0.2, 0.25) is 0 Å². The van der Waals surface area contributed by atoms with Crippen LogP contribution in [0.4, 0.5) is 0 Å². The normalized spacial score (nSPS) is 15.9. The molecule has 2 aromatic rings. The van der Waals surface area contributed by atoms with Crippen LogP contribution in [0.1, 0.15) is 34.6 Å². The van der Waals surface area contributed by atoms with E-state index in [-0.39, 0.29) is 11.4 Å². The van der Waals surface area contributed by atoms with Crippen LogP contribution in [-0.4, -0.2) is 11.4 Å². The summed E-state index contributed by atoms with van der Waals surface area (Å²) in [5.74, 6) is 0.970. The van der Waals surface area contributed by atoms with Crippen molar-refractivity contribution < 1.29 is 9.53 Å². The molecule has 0 saturated carbocycles. The molecule has 1 aromatic heterocycles. The van der Waals surface area contributed by atoms with Gasteiger partial charge in [-0.3, -0.25) is 4.79 Å². The lowest BCUT2D eigenvalue weighted by atomic mass is 9.99. The number of fused-ring (bicyclic) bond motifs is 1. The van der Waals surface area contributed by atoms with Crippen LogP contribution in [0.15, 0.2) is 34.1 Å². The molecule has 0 radical (unpaired) electrons. The van der Waals surface area contributed by atoms with Gasteiger partial charge in [-0.05, 0) is 65.7 Å². The summed E-state index contributed by atoms with van der Waals surface area (Å²) in [6.07, 6.45) is 0.845. The molecule has 0 bridgehead atoms. The molecule has 1 aliphatic heterocycles. The number of benzene rings is 1. The van der Waals surface area contributed by atoms with E-state index in [4.69, 9.17) is 4.74 Å². The third-order valence-electron chi connectivity index (χ3n) is 3.12. The topological polar surface area (TPSA) is 26.3 Å². The lowest BCUT2D eigenvalue weighted by molar-refractivity contribution is 0.104. The Hall–Kier alpha value is -1.13. The molecular weight excluding hydrogens is 324 g/mol. The van der Waals surface area contributed by atoms with Crippen molar-refractivity contribution in [2.75, 3.05) is 0 Å². The second-order valence-electron chi connectivity index (χ2n) is 5.29. The number of halogens is 1. The summed E-state index contributed by atoms with van der Waals surface area (Å²) in [7, 11) is 0. The number of ether oxygens (including phenoxy) is 1. The van der Waals surface area contributed by atoms with Crippen molar-refractivity contribution in [1.82, 2.24) is 0 Å². The lowest BCUT2D eigenvalue weighted by Gasteiger charge is -2.16. The summed E-state index contributed by atoms with van der Waals surface area (Å²) < 4.78 is 6.80. The molecule has 0 spiro atoms. The van der Waals surface area contributed by atoms with E-state index in [9.17, 15) is 4.79 Å². The number of hydrogen-bond donors (Lipinski definition) is 0. The van der Waals surface area contributed by atoms with Gasteiger partial charge in [-0.15, -0.1) is 11.3 Å². The Morgan fingerprint density at radius 2 is 2.11 bits per heavy atom. The second-order valence-corrected chi connectivity index (χ2v) is 7.76. The molecule has 98 valence electrons. The van der Waals surface area contributed by atoms with Crippen molar-refractivity contribution in [1.29, 1.82) is 0 Å². The van der Waals surface area contributed by atoms with Gasteiger partial charge in [0.15, 0.2) is 0 Å². The Labute approximate surface area is 124 Å². The van der Waals surface area contributed by atoms with Crippen LogP contribution in [0.3, 0.4) is 0 Å². The average Bonchev–Trinajstić information content (AvgIpc) is 2.88. The van der Waals surface area contributed by atoms with Gasteiger partial charge in [-0.25, -0.2) is 0 Å². The number of ketones is 1. The van der Waals surface area contributed by atoms with E-state index in [1.54, 1.807) is 0 Å². The van der Waals surface area contributed by atoms with E-state index < -0.39 is 0 Å². The van der Waals surface area contributed by atoms with Crippen LogP contribution in [0.5, 0.6) is 5.75 Å². The molecule has 1 aliphatic rings. The molecule has 0 atom stereocenters. The first kappa shape index (κ1) is 12.9. The molecule has 2 nitrogen and oxygen atoms in total. The molecule has 0 unspecified atom stereocenters. The minimum atomic E-state index is -0.171. The second kappa shape index (κ2) is 4.46. The summed E-state index contributed by atoms with van der Waals surface area (Å²) in [4.78, 5) is 13.1. The SMILES string of the molecule is CC1(C)Cc2cc(C(=O)c3ccc(Br)s3)ccc2O1. The molecule has 2 heterocycles. The maximum absolute atomic E-state index is 12.4. The smallest absolute Gasteiger partial charge is 0.202 e. The zero-order valence-corrected chi connectivity index (χ0v) is 13.1. The van der Waals surface area contributed by atoms with Crippen LogP contribution in [0.25, 0.3) is 0 Å². The van der Waals surface area contributed by atoms with E-state index in [2.05, 4.69) is 29.8 Å². The Morgan fingerprint density at radius 1 is 1.32 bits per heavy atom. The summed E-state index contributed by atoms with van der Waals surface area (Å²) in [6, 6.07) is 9.46. The van der Waals surface area contributed by atoms with E-state index in [0.29, 0.717) is 0 Å². The molecule has 19 heavy (non-hydrogen) atoms. The minimum absolute atomic E-state index is 0.0724. The highest BCUT2D eigenvalue weighted by Crippen LogP contribution is 2.36. The molecule has 0 amide bonds. The molecule has 0 aliphatic carbocycles. The van der Waals surface area contributed by atoms with E-state index in [1.807, 2.05) is 30.3 Å². The fourth-order valence-corrected chi connectivity index (χ4v) is 3.68. The maximum Gasteiger partial charge on any atom is 0.202 e. The Morgan fingerprint density at radius 3 is 2.79 bits per heavy atom. The zero-order chi connectivity index (χ0) is 13.6. The first-order chi connectivity index (χ1) is 8.94. The average molecular weight is 337 g/mol. The van der Waals surface area contributed by atoms with Gasteiger partial charge in [0.25, 0.3) is 0 Å². The fourth-order valence-electron chi connectivity index (χ4n) is 2.33. The molecule has 4 heteroatoms. The van der Waals surface area contributed by atoms with E-state index >= 15 is 0 Å². The third kappa shape index (κ3) is 2.47. The Bertz CT molecular complexity index is 658. The highest BCUT2D eigenvalue weighted by molar-refractivity contribution is 9.11. The number of rotatable bonds is 2. The molecule has 0 fully saturated rings. The van der Waals surface area contributed by atoms with E-state index in [0.717, 1.165) is 32.0 Å². The van der Waals surface area contributed by atoms with Gasteiger partial charge in [0.05, 0.1) is 8.66 Å². The maximum atomic E-state index is 12.4. The molecular formula is C15H13BrO2S. The van der Waals surface area contributed by atoms with Crippen molar-refractivity contribution in [3.05, 3.63) is 50.1 Å². The number of carbonyl (C=O) groups excluding carboxylic acids is 1. The highest BCUT2D eigenvalue weighted by atomic mass is 79.9. The first-order valence-electron chi connectivity index (χ1n) is 6.07. The number of thiophene rings is 1. The minimum Gasteiger partial charge on any atom is -0.487 e. The number of carbonyl (C=O) groups is 1. The van der Waals surface area contributed by atoms with Crippen molar-refractivity contribution in [2.45, 2.75) is 25.9 Å². The predicted octanol–water partition coefficient (Wildman–Crippen LogP) is 4.46. The monoisotopic (exact) mass is 336 g/mol. The highest BCUT2D eigenvalue weighted by Gasteiger charge is 2.30. The largest absolute Gasteiger partial charge is 0.487 e. The molecule has 0 saturated heterocycles. The fraction of sp³-hybridized carbons (Fsp3) is 0.267. The Kier molecular flexibility index (Phi) is 3.02. The predicted molar refractivity (Wildman–Crippen MR) is 80.3 cm³/mol. The molecule has 0 N–H and O–H groups in total. The lowest BCUT2D eigenvalue weighted by Crippen LogP contribution is -2.24. The number of hydrogen-bond acceptors (Lipinski definition) is 3. The van der Waals surface area contributed by atoms with E-state index in [1.165, 1.54) is 11.3 Å². The molecule has 1 aromatic carbocycles. The van der Waals surface area contributed by atoms with Crippen molar-refractivity contribution in [3.63, 3.8) is 0 Å². The summed E-state index contributed by atoms with van der Waals surface area (Å²) in [6.45, 7) is 4.12. The van der Waals surface area contributed by atoms with Gasteiger partial charge in [-0.2, -0.15) is 0 Å². The van der Waals surface area contributed by atoms with Gasteiger partial charge >= 0.3 is 0 Å². The zero-order valence-electron chi connectivity index (χ0n) is 10.7. The Balaban J connectivity index is 1.94. The van der Waals surface area contributed by atoms with Gasteiger partial charge in [0.1, 0.15) is 11.4 Å². The third-order valence-corrected chi connectivity index (χ3v) is 4.74.